The lowest BCUT2D eigenvalue weighted by molar-refractivity contribution is 0.194. The number of anilines is 3. The second kappa shape index (κ2) is 12.3. The number of rotatable bonds is 7. The molecular formula is C25H36N8O2. The summed E-state index contributed by atoms with van der Waals surface area (Å²) in [4.78, 5) is 28.9. The molecule has 0 aromatic carbocycles. The molecule has 1 saturated heterocycles. The summed E-state index contributed by atoms with van der Waals surface area (Å²) in [6, 6.07) is 5.99. The summed E-state index contributed by atoms with van der Waals surface area (Å²) in [6.07, 6.45) is 12.4. The van der Waals surface area contributed by atoms with E-state index in [0.717, 1.165) is 55.1 Å². The molecule has 1 aliphatic carbocycles. The number of carboxylic acid groups (broad SMARTS) is 1. The van der Waals surface area contributed by atoms with Crippen molar-refractivity contribution in [1.29, 1.82) is 0 Å². The van der Waals surface area contributed by atoms with E-state index in [0.29, 0.717) is 25.5 Å². The van der Waals surface area contributed by atoms with Crippen LogP contribution in [-0.2, 0) is 6.54 Å². The Kier molecular flexibility index (Phi) is 8.72. The van der Waals surface area contributed by atoms with Gasteiger partial charge >= 0.3 is 6.09 Å². The Balaban J connectivity index is 0.000000656. The van der Waals surface area contributed by atoms with Gasteiger partial charge in [-0.05, 0) is 44.6 Å². The molecule has 188 valence electrons. The number of nitrogens with zero attached hydrogens (tertiary/aromatic N) is 6. The quantitative estimate of drug-likeness (QED) is 0.436. The largest absolute Gasteiger partial charge is 0.465 e. The number of amides is 1. The van der Waals surface area contributed by atoms with Crippen LogP contribution in [0.2, 0.25) is 0 Å². The summed E-state index contributed by atoms with van der Waals surface area (Å²) < 4.78 is 2.00. The van der Waals surface area contributed by atoms with Gasteiger partial charge in [0.2, 0.25) is 5.95 Å². The number of aromatic nitrogens is 4. The van der Waals surface area contributed by atoms with E-state index in [2.05, 4.69) is 42.4 Å². The van der Waals surface area contributed by atoms with Crippen LogP contribution in [0.25, 0.3) is 11.0 Å². The van der Waals surface area contributed by atoms with Gasteiger partial charge in [0.05, 0.1) is 11.9 Å². The Hall–Kier alpha value is -3.40. The second-order valence-corrected chi connectivity index (χ2v) is 9.16. The first kappa shape index (κ1) is 24.7. The van der Waals surface area contributed by atoms with Gasteiger partial charge in [-0.1, -0.05) is 25.7 Å². The molecule has 1 amide bonds. The maximum Gasteiger partial charge on any atom is 0.404 e. The topological polar surface area (TPSA) is 111 Å². The van der Waals surface area contributed by atoms with Crippen molar-refractivity contribution in [3.05, 3.63) is 36.8 Å². The van der Waals surface area contributed by atoms with Crippen molar-refractivity contribution in [3.8, 4) is 0 Å². The lowest BCUT2D eigenvalue weighted by atomic mass is 10.0. The highest BCUT2D eigenvalue weighted by Gasteiger charge is 2.13. The Labute approximate surface area is 206 Å². The van der Waals surface area contributed by atoms with Crippen LogP contribution in [0.1, 0.15) is 38.5 Å². The summed E-state index contributed by atoms with van der Waals surface area (Å²) >= 11 is 0. The highest BCUT2D eigenvalue weighted by molar-refractivity contribution is 5.76. The highest BCUT2D eigenvalue weighted by Crippen LogP contribution is 2.20. The van der Waals surface area contributed by atoms with E-state index in [1.807, 2.05) is 35.2 Å². The molecule has 1 saturated carbocycles. The van der Waals surface area contributed by atoms with Gasteiger partial charge in [-0.2, -0.15) is 4.98 Å². The molecule has 4 heterocycles. The average Bonchev–Trinajstić information content (AvgIpc) is 3.07. The van der Waals surface area contributed by atoms with Gasteiger partial charge < -0.3 is 30.1 Å². The number of hydrogen-bond acceptors (Lipinski definition) is 7. The fraction of sp³-hybridized carbons (Fsp3) is 0.520. The number of fused-ring (bicyclic) bond motifs is 1. The van der Waals surface area contributed by atoms with Crippen molar-refractivity contribution in [2.75, 3.05) is 50.0 Å². The molecule has 10 heteroatoms. The predicted octanol–water partition coefficient (Wildman–Crippen LogP) is 3.93. The maximum absolute atomic E-state index is 10.6. The van der Waals surface area contributed by atoms with Crippen molar-refractivity contribution >= 4 is 34.6 Å². The van der Waals surface area contributed by atoms with Crippen molar-refractivity contribution in [1.82, 2.24) is 29.7 Å². The minimum atomic E-state index is -1.01. The summed E-state index contributed by atoms with van der Waals surface area (Å²) in [7, 11) is 2.16. The van der Waals surface area contributed by atoms with Gasteiger partial charge in [0.1, 0.15) is 11.5 Å². The number of aryl methyl sites for hydroxylation is 1. The van der Waals surface area contributed by atoms with E-state index >= 15 is 0 Å². The third-order valence-corrected chi connectivity index (χ3v) is 6.40. The Morgan fingerprint density at radius 2 is 1.83 bits per heavy atom. The van der Waals surface area contributed by atoms with Crippen LogP contribution < -0.4 is 15.5 Å². The molecule has 3 N–H and O–H groups in total. The second-order valence-electron chi connectivity index (χ2n) is 9.16. The Morgan fingerprint density at radius 1 is 1.00 bits per heavy atom. The maximum atomic E-state index is 10.6. The van der Waals surface area contributed by atoms with Gasteiger partial charge in [-0.3, -0.25) is 0 Å². The molecule has 10 nitrogen and oxygen atoms in total. The zero-order valence-electron chi connectivity index (χ0n) is 20.5. The van der Waals surface area contributed by atoms with Crippen LogP contribution in [0.15, 0.2) is 36.8 Å². The first-order valence-corrected chi connectivity index (χ1v) is 12.5. The molecule has 5 rings (SSSR count). The third-order valence-electron chi connectivity index (χ3n) is 6.40. The first-order chi connectivity index (χ1) is 17.1. The van der Waals surface area contributed by atoms with Crippen LogP contribution in [0.3, 0.4) is 0 Å². The Morgan fingerprint density at radius 3 is 2.54 bits per heavy atom. The molecule has 3 aromatic heterocycles. The lowest BCUT2D eigenvalue weighted by Gasteiger charge is -2.21. The van der Waals surface area contributed by atoms with Gasteiger partial charge in [-0.15, -0.1) is 0 Å². The normalized spacial score (nSPS) is 16.1. The number of hydrogen-bond donors (Lipinski definition) is 3. The highest BCUT2D eigenvalue weighted by atomic mass is 16.4. The van der Waals surface area contributed by atoms with Crippen LogP contribution in [-0.4, -0.2) is 75.4 Å². The summed E-state index contributed by atoms with van der Waals surface area (Å²) in [5.41, 5.74) is 1.64. The summed E-state index contributed by atoms with van der Waals surface area (Å²) in [5, 5.41) is 15.2. The van der Waals surface area contributed by atoms with Crippen LogP contribution >= 0.6 is 0 Å². The smallest absolute Gasteiger partial charge is 0.404 e. The van der Waals surface area contributed by atoms with Crippen LogP contribution in [0.4, 0.5) is 22.2 Å². The summed E-state index contributed by atoms with van der Waals surface area (Å²) in [6.45, 7) is 5.23. The predicted molar refractivity (Wildman–Crippen MR) is 138 cm³/mol. The van der Waals surface area contributed by atoms with E-state index in [4.69, 9.17) is 5.11 Å². The van der Waals surface area contributed by atoms with Gasteiger partial charge in [0.25, 0.3) is 0 Å². The Bertz CT molecular complexity index is 1080. The molecule has 1 aliphatic heterocycles. The standard InChI is InChI=1S/C21H28N8O2.C4H8/c1-27-8-3-10-28(13-12-27)18-5-4-17(15-23-18)25-20-24-14-16-6-11-29(19(16)26-20)9-2-7-22-21(30)31;1-2-4-3-1/h4-6,11,14-15,22H,2-3,7-10,12-13H2,1H3,(H,30,31)(H,24,25,26);1-4H2. The minimum absolute atomic E-state index is 0.399. The van der Waals surface area contributed by atoms with E-state index in [9.17, 15) is 4.79 Å². The van der Waals surface area contributed by atoms with Crippen LogP contribution in [0, 0.1) is 0 Å². The van der Waals surface area contributed by atoms with E-state index < -0.39 is 6.09 Å². The van der Waals surface area contributed by atoms with Crippen molar-refractivity contribution < 1.29 is 9.90 Å². The van der Waals surface area contributed by atoms with Crippen molar-refractivity contribution in [2.45, 2.75) is 45.1 Å². The number of likely N-dealkylation sites (N-methyl/N-ethyl adjacent to an activating group) is 1. The van der Waals surface area contributed by atoms with E-state index in [-0.39, 0.29) is 0 Å². The molecule has 0 bridgehead atoms. The summed E-state index contributed by atoms with van der Waals surface area (Å²) in [5.74, 6) is 1.49. The number of carbonyl (C=O) groups is 1. The lowest BCUT2D eigenvalue weighted by Crippen LogP contribution is -2.29. The minimum Gasteiger partial charge on any atom is -0.465 e. The molecule has 35 heavy (non-hydrogen) atoms. The molecular weight excluding hydrogens is 444 g/mol. The number of pyridine rings is 1. The van der Waals surface area contributed by atoms with Gasteiger partial charge in [-0.25, -0.2) is 14.8 Å². The SMILES string of the molecule is C1CCC1.CN1CCCN(c2ccc(Nc3ncc4ccn(CCCNC(=O)O)c4n3)cn2)CC1. The average molecular weight is 481 g/mol. The zero-order valence-corrected chi connectivity index (χ0v) is 20.5. The molecule has 0 radical (unpaired) electrons. The zero-order chi connectivity index (χ0) is 24.5. The molecule has 0 spiro atoms. The monoisotopic (exact) mass is 480 g/mol. The molecule has 2 fully saturated rings. The molecule has 2 aliphatic rings. The fourth-order valence-electron chi connectivity index (χ4n) is 3.96. The third kappa shape index (κ3) is 7.29. The van der Waals surface area contributed by atoms with Crippen molar-refractivity contribution in [3.63, 3.8) is 0 Å². The first-order valence-electron chi connectivity index (χ1n) is 12.5. The molecule has 0 atom stereocenters. The van der Waals surface area contributed by atoms with Gasteiger partial charge in [0, 0.05) is 50.5 Å². The van der Waals surface area contributed by atoms with Crippen LogP contribution in [0.5, 0.6) is 0 Å². The number of nitrogens with one attached hydrogen (secondary N) is 2. The van der Waals surface area contributed by atoms with Gasteiger partial charge in [0.15, 0.2) is 0 Å². The fourth-order valence-corrected chi connectivity index (χ4v) is 3.96. The molecule has 3 aromatic rings. The van der Waals surface area contributed by atoms with E-state index in [1.54, 1.807) is 6.20 Å². The van der Waals surface area contributed by atoms with E-state index in [1.165, 1.54) is 25.7 Å². The molecule has 0 unspecified atom stereocenters. The van der Waals surface area contributed by atoms with Crippen molar-refractivity contribution in [2.24, 2.45) is 0 Å².